The van der Waals surface area contributed by atoms with E-state index in [0.717, 1.165) is 0 Å². The fourth-order valence-corrected chi connectivity index (χ4v) is 1.65. The topological polar surface area (TPSA) is 65.3 Å². The Labute approximate surface area is 87.2 Å². The Morgan fingerprint density at radius 3 is 3.00 bits per heavy atom. The maximum atomic E-state index is 10.7. The fraction of sp³-hybridized carbons (Fsp3) is 0.500. The Bertz CT molecular complexity index is 404. The molecule has 0 radical (unpaired) electrons. The van der Waals surface area contributed by atoms with Crippen LogP contribution >= 0.6 is 0 Å². The molecule has 0 bridgehead atoms. The highest BCUT2D eigenvalue weighted by atomic mass is 16.6. The number of pyridine rings is 1. The zero-order chi connectivity index (χ0) is 11.0. The SMILES string of the molecule is CC(C)C1Cc2nccc([N+](=O)[O-])c2O1. The quantitative estimate of drug-likeness (QED) is 0.550. The second-order valence-electron chi connectivity index (χ2n) is 3.97. The number of nitro groups is 1. The standard InChI is InChI=1S/C10H12N2O3/c1-6(2)9-5-7-10(15-9)8(12(13)14)3-4-11-7/h3-4,6,9H,5H2,1-2H3. The lowest BCUT2D eigenvalue weighted by atomic mass is 10.0. The smallest absolute Gasteiger partial charge is 0.314 e. The summed E-state index contributed by atoms with van der Waals surface area (Å²) in [6.07, 6.45) is 2.13. The molecule has 0 aromatic carbocycles. The second kappa shape index (κ2) is 3.49. The van der Waals surface area contributed by atoms with E-state index in [9.17, 15) is 10.1 Å². The molecule has 2 rings (SSSR count). The fourth-order valence-electron chi connectivity index (χ4n) is 1.65. The van der Waals surface area contributed by atoms with Gasteiger partial charge in [-0.25, -0.2) is 0 Å². The minimum atomic E-state index is -0.427. The molecule has 1 aromatic rings. The van der Waals surface area contributed by atoms with Crippen LogP contribution in [0.4, 0.5) is 5.69 Å². The monoisotopic (exact) mass is 208 g/mol. The lowest BCUT2D eigenvalue weighted by Crippen LogP contribution is -2.20. The van der Waals surface area contributed by atoms with E-state index >= 15 is 0 Å². The summed E-state index contributed by atoms with van der Waals surface area (Å²) in [4.78, 5) is 14.4. The van der Waals surface area contributed by atoms with Gasteiger partial charge in [0.2, 0.25) is 5.75 Å². The van der Waals surface area contributed by atoms with Crippen molar-refractivity contribution in [3.05, 3.63) is 28.1 Å². The Morgan fingerprint density at radius 1 is 1.67 bits per heavy atom. The molecule has 0 fully saturated rings. The third kappa shape index (κ3) is 1.65. The molecule has 80 valence electrons. The van der Waals surface area contributed by atoms with Crippen molar-refractivity contribution in [2.45, 2.75) is 26.4 Å². The van der Waals surface area contributed by atoms with Gasteiger partial charge in [0.05, 0.1) is 10.6 Å². The van der Waals surface area contributed by atoms with Crippen LogP contribution in [-0.2, 0) is 6.42 Å². The molecule has 1 aliphatic heterocycles. The molecule has 0 N–H and O–H groups in total. The molecule has 1 atom stereocenters. The first-order chi connectivity index (χ1) is 7.09. The van der Waals surface area contributed by atoms with Crippen LogP contribution in [0, 0.1) is 16.0 Å². The number of ether oxygens (including phenoxy) is 1. The number of fused-ring (bicyclic) bond motifs is 1. The van der Waals surface area contributed by atoms with Crippen molar-refractivity contribution in [3.8, 4) is 5.75 Å². The van der Waals surface area contributed by atoms with E-state index in [-0.39, 0.29) is 11.8 Å². The van der Waals surface area contributed by atoms with Crippen molar-refractivity contribution in [3.63, 3.8) is 0 Å². The van der Waals surface area contributed by atoms with E-state index in [1.807, 2.05) is 13.8 Å². The van der Waals surface area contributed by atoms with Crippen LogP contribution in [0.25, 0.3) is 0 Å². The van der Waals surface area contributed by atoms with Crippen LogP contribution < -0.4 is 4.74 Å². The van der Waals surface area contributed by atoms with E-state index in [1.54, 1.807) is 0 Å². The van der Waals surface area contributed by atoms with Crippen LogP contribution in [-0.4, -0.2) is 16.0 Å². The van der Waals surface area contributed by atoms with Crippen LogP contribution in [0.3, 0.4) is 0 Å². The Balaban J connectivity index is 2.37. The summed E-state index contributed by atoms with van der Waals surface area (Å²) >= 11 is 0. The van der Waals surface area contributed by atoms with Gasteiger partial charge in [-0.15, -0.1) is 0 Å². The van der Waals surface area contributed by atoms with E-state index < -0.39 is 4.92 Å². The zero-order valence-electron chi connectivity index (χ0n) is 8.64. The predicted molar refractivity (Wildman–Crippen MR) is 53.8 cm³/mol. The summed E-state index contributed by atoms with van der Waals surface area (Å²) < 4.78 is 5.56. The Hall–Kier alpha value is -1.65. The highest BCUT2D eigenvalue weighted by Crippen LogP contribution is 2.37. The van der Waals surface area contributed by atoms with Gasteiger partial charge in [0.25, 0.3) is 0 Å². The highest BCUT2D eigenvalue weighted by Gasteiger charge is 2.32. The molecule has 1 aromatic heterocycles. The number of aromatic nitrogens is 1. The normalized spacial score (nSPS) is 18.7. The molecule has 2 heterocycles. The van der Waals surface area contributed by atoms with Gasteiger partial charge in [-0.2, -0.15) is 0 Å². The summed E-state index contributed by atoms with van der Waals surface area (Å²) in [5, 5.41) is 10.7. The molecular weight excluding hydrogens is 196 g/mol. The largest absolute Gasteiger partial charge is 0.482 e. The summed E-state index contributed by atoms with van der Waals surface area (Å²) in [6, 6.07) is 1.38. The number of rotatable bonds is 2. The van der Waals surface area contributed by atoms with Gasteiger partial charge in [0.15, 0.2) is 0 Å². The van der Waals surface area contributed by atoms with Crippen molar-refractivity contribution in [2.24, 2.45) is 5.92 Å². The molecule has 0 saturated heterocycles. The van der Waals surface area contributed by atoms with Gasteiger partial charge >= 0.3 is 5.69 Å². The van der Waals surface area contributed by atoms with Gasteiger partial charge < -0.3 is 4.74 Å². The van der Waals surface area contributed by atoms with Crippen LogP contribution in [0.1, 0.15) is 19.5 Å². The van der Waals surface area contributed by atoms with Gasteiger partial charge in [0, 0.05) is 18.7 Å². The minimum absolute atomic E-state index is 0.00796. The summed E-state index contributed by atoms with van der Waals surface area (Å²) in [6.45, 7) is 4.06. The van der Waals surface area contributed by atoms with E-state index in [2.05, 4.69) is 4.98 Å². The van der Waals surface area contributed by atoms with Crippen molar-refractivity contribution in [1.82, 2.24) is 4.98 Å². The Kier molecular flexibility index (Phi) is 2.30. The van der Waals surface area contributed by atoms with Crippen molar-refractivity contribution >= 4 is 5.69 Å². The highest BCUT2D eigenvalue weighted by molar-refractivity contribution is 5.50. The zero-order valence-corrected chi connectivity index (χ0v) is 8.64. The third-order valence-electron chi connectivity index (χ3n) is 2.56. The van der Waals surface area contributed by atoms with E-state index in [1.165, 1.54) is 12.3 Å². The van der Waals surface area contributed by atoms with E-state index in [0.29, 0.717) is 23.8 Å². The molecule has 0 amide bonds. The van der Waals surface area contributed by atoms with Crippen LogP contribution in [0.15, 0.2) is 12.3 Å². The maximum absolute atomic E-state index is 10.7. The summed E-state index contributed by atoms with van der Waals surface area (Å²) in [5.74, 6) is 0.681. The molecule has 1 unspecified atom stereocenters. The van der Waals surface area contributed by atoms with Crippen molar-refractivity contribution in [2.75, 3.05) is 0 Å². The first-order valence-corrected chi connectivity index (χ1v) is 4.88. The van der Waals surface area contributed by atoms with Gasteiger partial charge in [-0.3, -0.25) is 15.1 Å². The average molecular weight is 208 g/mol. The first kappa shape index (κ1) is 9.89. The van der Waals surface area contributed by atoms with Crippen LogP contribution in [0.2, 0.25) is 0 Å². The molecule has 0 spiro atoms. The summed E-state index contributed by atoms with van der Waals surface area (Å²) in [5.41, 5.74) is 0.714. The lowest BCUT2D eigenvalue weighted by molar-refractivity contribution is -0.386. The van der Waals surface area contributed by atoms with Crippen LogP contribution in [0.5, 0.6) is 5.75 Å². The van der Waals surface area contributed by atoms with Gasteiger partial charge in [-0.1, -0.05) is 13.8 Å². The predicted octanol–water partition coefficient (Wildman–Crippen LogP) is 1.95. The van der Waals surface area contributed by atoms with Crippen molar-refractivity contribution < 1.29 is 9.66 Å². The first-order valence-electron chi connectivity index (χ1n) is 4.88. The van der Waals surface area contributed by atoms with Gasteiger partial charge in [0.1, 0.15) is 6.10 Å². The van der Waals surface area contributed by atoms with E-state index in [4.69, 9.17) is 4.74 Å². The lowest BCUT2D eigenvalue weighted by Gasteiger charge is -2.13. The molecular formula is C10H12N2O3. The third-order valence-corrected chi connectivity index (χ3v) is 2.56. The molecule has 0 aliphatic carbocycles. The van der Waals surface area contributed by atoms with Gasteiger partial charge in [-0.05, 0) is 5.92 Å². The maximum Gasteiger partial charge on any atom is 0.314 e. The summed E-state index contributed by atoms with van der Waals surface area (Å²) in [7, 11) is 0. The number of nitrogens with zero attached hydrogens (tertiary/aromatic N) is 2. The Morgan fingerprint density at radius 2 is 2.40 bits per heavy atom. The molecule has 5 heteroatoms. The molecule has 5 nitrogen and oxygen atoms in total. The molecule has 15 heavy (non-hydrogen) atoms. The number of hydrogen-bond donors (Lipinski definition) is 0. The second-order valence-corrected chi connectivity index (χ2v) is 3.97. The average Bonchev–Trinajstić information content (AvgIpc) is 2.60. The van der Waals surface area contributed by atoms with Crippen molar-refractivity contribution in [1.29, 1.82) is 0 Å². The molecule has 0 saturated carbocycles. The molecule has 1 aliphatic rings. The minimum Gasteiger partial charge on any atom is -0.482 e. The number of hydrogen-bond acceptors (Lipinski definition) is 4.